The first-order valence-corrected chi connectivity index (χ1v) is 6.85. The van der Waals surface area contributed by atoms with Crippen molar-refractivity contribution in [1.29, 1.82) is 0 Å². The molecule has 1 atom stereocenters. The van der Waals surface area contributed by atoms with Crippen LogP contribution in [-0.4, -0.2) is 30.3 Å². The summed E-state index contributed by atoms with van der Waals surface area (Å²) in [5, 5.41) is 0.926. The van der Waals surface area contributed by atoms with Crippen LogP contribution in [0.15, 0.2) is 0 Å². The van der Waals surface area contributed by atoms with Crippen LogP contribution in [0.3, 0.4) is 0 Å². The van der Waals surface area contributed by atoms with Gasteiger partial charge in [0.15, 0.2) is 0 Å². The molecule has 2 nitrogen and oxygen atoms in total. The molecule has 0 aromatic heterocycles. The van der Waals surface area contributed by atoms with E-state index in [1.165, 1.54) is 31.4 Å². The normalized spacial score (nSPS) is 20.1. The third-order valence-electron chi connectivity index (χ3n) is 2.76. The molecule has 2 N–H and O–H groups in total. The molecule has 1 aliphatic rings. The highest BCUT2D eigenvalue weighted by Crippen LogP contribution is 2.29. The number of thioether (sulfide) groups is 1. The van der Waals surface area contributed by atoms with Crippen LogP contribution in [0.1, 0.15) is 39.0 Å². The highest BCUT2D eigenvalue weighted by molar-refractivity contribution is 7.99. The van der Waals surface area contributed by atoms with E-state index >= 15 is 0 Å². The summed E-state index contributed by atoms with van der Waals surface area (Å²) in [5.41, 5.74) is 5.62. The molecular formula is C11H23NOS. The summed E-state index contributed by atoms with van der Waals surface area (Å²) in [7, 11) is 0. The maximum absolute atomic E-state index is 5.62. The number of hydrogen-bond donors (Lipinski definition) is 1. The van der Waals surface area contributed by atoms with E-state index in [2.05, 4.69) is 11.8 Å². The Morgan fingerprint density at radius 3 is 2.71 bits per heavy atom. The van der Waals surface area contributed by atoms with Crippen molar-refractivity contribution in [2.45, 2.75) is 50.4 Å². The van der Waals surface area contributed by atoms with E-state index in [4.69, 9.17) is 10.5 Å². The second kappa shape index (κ2) is 7.55. The predicted octanol–water partition coefficient (Wildman–Crippen LogP) is 2.42. The van der Waals surface area contributed by atoms with Gasteiger partial charge in [-0.2, -0.15) is 11.8 Å². The summed E-state index contributed by atoms with van der Waals surface area (Å²) in [6, 6.07) is 0. The van der Waals surface area contributed by atoms with Gasteiger partial charge in [-0.15, -0.1) is 0 Å². The number of ether oxygens (including phenoxy) is 1. The largest absolute Gasteiger partial charge is 0.377 e. The zero-order valence-corrected chi connectivity index (χ0v) is 10.0. The summed E-state index contributed by atoms with van der Waals surface area (Å²) >= 11 is 2.12. The lowest BCUT2D eigenvalue weighted by Gasteiger charge is -2.15. The summed E-state index contributed by atoms with van der Waals surface area (Å²) in [6.45, 7) is 3.49. The molecule has 0 radical (unpaired) electrons. The average Bonchev–Trinajstić information content (AvgIpc) is 2.69. The highest BCUT2D eigenvalue weighted by atomic mass is 32.2. The van der Waals surface area contributed by atoms with Gasteiger partial charge in [-0.25, -0.2) is 0 Å². The quantitative estimate of drug-likeness (QED) is 0.711. The topological polar surface area (TPSA) is 35.2 Å². The van der Waals surface area contributed by atoms with E-state index in [1.54, 1.807) is 0 Å². The van der Waals surface area contributed by atoms with Gasteiger partial charge in [-0.1, -0.05) is 12.8 Å². The third kappa shape index (κ3) is 4.67. The van der Waals surface area contributed by atoms with Crippen molar-refractivity contribution in [2.75, 3.05) is 18.9 Å². The molecule has 0 amide bonds. The maximum Gasteiger partial charge on any atom is 0.0705 e. The lowest BCUT2D eigenvalue weighted by Crippen LogP contribution is -2.24. The van der Waals surface area contributed by atoms with Crippen molar-refractivity contribution in [2.24, 2.45) is 5.73 Å². The van der Waals surface area contributed by atoms with Crippen LogP contribution >= 0.6 is 11.8 Å². The Hall–Kier alpha value is 0.270. The fourth-order valence-electron chi connectivity index (χ4n) is 1.93. The number of nitrogens with two attached hydrogens (primary N) is 1. The number of rotatable bonds is 7. The Morgan fingerprint density at radius 2 is 2.14 bits per heavy atom. The summed E-state index contributed by atoms with van der Waals surface area (Å²) < 4.78 is 5.52. The van der Waals surface area contributed by atoms with E-state index < -0.39 is 0 Å². The molecule has 14 heavy (non-hydrogen) atoms. The Balaban J connectivity index is 2.00. The first-order valence-electron chi connectivity index (χ1n) is 5.80. The van der Waals surface area contributed by atoms with Crippen LogP contribution in [-0.2, 0) is 4.74 Å². The molecule has 0 bridgehead atoms. The molecule has 0 aliphatic heterocycles. The average molecular weight is 217 g/mol. The van der Waals surface area contributed by atoms with Gasteiger partial charge in [0.25, 0.3) is 0 Å². The zero-order chi connectivity index (χ0) is 10.2. The molecule has 1 rings (SSSR count). The van der Waals surface area contributed by atoms with Crippen LogP contribution in [0, 0.1) is 0 Å². The monoisotopic (exact) mass is 217 g/mol. The Morgan fingerprint density at radius 1 is 1.43 bits per heavy atom. The molecule has 0 saturated heterocycles. The van der Waals surface area contributed by atoms with Crippen molar-refractivity contribution in [3.63, 3.8) is 0 Å². The third-order valence-corrected chi connectivity index (χ3v) is 4.18. The van der Waals surface area contributed by atoms with Crippen molar-refractivity contribution in [3.8, 4) is 0 Å². The molecule has 84 valence electrons. The van der Waals surface area contributed by atoms with Crippen LogP contribution in [0.5, 0.6) is 0 Å². The Kier molecular flexibility index (Phi) is 6.65. The molecule has 0 aromatic rings. The summed E-state index contributed by atoms with van der Waals surface area (Å²) in [4.78, 5) is 0. The fourth-order valence-corrected chi connectivity index (χ4v) is 3.33. The van der Waals surface area contributed by atoms with Gasteiger partial charge in [-0.3, -0.25) is 0 Å². The Bertz CT molecular complexity index is 137. The van der Waals surface area contributed by atoms with Crippen molar-refractivity contribution >= 4 is 11.8 Å². The standard InChI is InChI=1S/C11H23NOS/c1-2-13-10(9-12)7-8-14-11-5-3-4-6-11/h10-11H,2-9,12H2,1H3. The van der Waals surface area contributed by atoms with Gasteiger partial charge in [-0.05, 0) is 31.9 Å². The van der Waals surface area contributed by atoms with Crippen LogP contribution < -0.4 is 5.73 Å². The van der Waals surface area contributed by atoms with E-state index in [1.807, 2.05) is 6.92 Å². The van der Waals surface area contributed by atoms with Gasteiger partial charge in [0.2, 0.25) is 0 Å². The molecule has 1 aliphatic carbocycles. The fraction of sp³-hybridized carbons (Fsp3) is 1.00. The molecular weight excluding hydrogens is 194 g/mol. The lowest BCUT2D eigenvalue weighted by molar-refractivity contribution is 0.0674. The van der Waals surface area contributed by atoms with Gasteiger partial charge in [0.05, 0.1) is 6.10 Å². The minimum Gasteiger partial charge on any atom is -0.377 e. The van der Waals surface area contributed by atoms with Crippen LogP contribution in [0.4, 0.5) is 0 Å². The van der Waals surface area contributed by atoms with E-state index in [0.29, 0.717) is 6.54 Å². The van der Waals surface area contributed by atoms with Gasteiger partial charge in [0, 0.05) is 18.4 Å². The highest BCUT2D eigenvalue weighted by Gasteiger charge is 2.15. The van der Waals surface area contributed by atoms with E-state index in [0.717, 1.165) is 18.3 Å². The van der Waals surface area contributed by atoms with Crippen molar-refractivity contribution < 1.29 is 4.74 Å². The van der Waals surface area contributed by atoms with Gasteiger partial charge >= 0.3 is 0 Å². The molecule has 0 spiro atoms. The molecule has 1 unspecified atom stereocenters. The van der Waals surface area contributed by atoms with E-state index in [-0.39, 0.29) is 6.10 Å². The van der Waals surface area contributed by atoms with Gasteiger partial charge < -0.3 is 10.5 Å². The predicted molar refractivity (Wildman–Crippen MR) is 63.8 cm³/mol. The minimum absolute atomic E-state index is 0.286. The van der Waals surface area contributed by atoms with Crippen LogP contribution in [0.2, 0.25) is 0 Å². The van der Waals surface area contributed by atoms with Crippen LogP contribution in [0.25, 0.3) is 0 Å². The van der Waals surface area contributed by atoms with Crippen molar-refractivity contribution in [1.82, 2.24) is 0 Å². The summed E-state index contributed by atoms with van der Waals surface area (Å²) in [5.74, 6) is 1.21. The molecule has 0 heterocycles. The second-order valence-corrected chi connectivity index (χ2v) is 5.29. The maximum atomic E-state index is 5.62. The van der Waals surface area contributed by atoms with Gasteiger partial charge in [0.1, 0.15) is 0 Å². The van der Waals surface area contributed by atoms with Crippen molar-refractivity contribution in [3.05, 3.63) is 0 Å². The molecule has 1 fully saturated rings. The first kappa shape index (κ1) is 12.3. The molecule has 3 heteroatoms. The first-order chi connectivity index (χ1) is 6.86. The molecule has 1 saturated carbocycles. The minimum atomic E-state index is 0.286. The smallest absolute Gasteiger partial charge is 0.0705 e. The van der Waals surface area contributed by atoms with E-state index in [9.17, 15) is 0 Å². The molecule has 0 aromatic carbocycles. The SMILES string of the molecule is CCOC(CN)CCSC1CCCC1. The Labute approximate surface area is 92.0 Å². The zero-order valence-electron chi connectivity index (χ0n) is 9.21. The summed E-state index contributed by atoms with van der Waals surface area (Å²) in [6.07, 6.45) is 7.12. The number of hydrogen-bond acceptors (Lipinski definition) is 3. The second-order valence-electron chi connectivity index (χ2n) is 3.88. The lowest BCUT2D eigenvalue weighted by atomic mass is 10.3.